The molecule has 0 spiro atoms. The summed E-state index contributed by atoms with van der Waals surface area (Å²) in [6.45, 7) is 0.281. The lowest BCUT2D eigenvalue weighted by Crippen LogP contribution is -2.38. The van der Waals surface area contributed by atoms with Gasteiger partial charge >= 0.3 is 0 Å². The summed E-state index contributed by atoms with van der Waals surface area (Å²) in [6, 6.07) is 26.7. The minimum Gasteiger partial charge on any atom is -0.347 e. The highest BCUT2D eigenvalue weighted by atomic mass is 35.5. The third-order valence-corrected chi connectivity index (χ3v) is 5.66. The van der Waals surface area contributed by atoms with Crippen molar-refractivity contribution in [2.75, 3.05) is 13.6 Å². The number of hydrogen-bond donors (Lipinski definition) is 1. The Balaban J connectivity index is 1.47. The molecule has 2 amide bonds. The Labute approximate surface area is 203 Å². The predicted octanol–water partition coefficient (Wildman–Crippen LogP) is 4.51. The largest absolute Gasteiger partial charge is 0.347 e. The lowest BCUT2D eigenvalue weighted by atomic mass is 10.1. The molecule has 0 atom stereocenters. The maximum Gasteiger partial charge on any atom is 0.242 e. The van der Waals surface area contributed by atoms with Gasteiger partial charge in [-0.05, 0) is 29.8 Å². The molecule has 0 aliphatic rings. The molecule has 172 valence electrons. The minimum absolute atomic E-state index is 0.0642. The van der Waals surface area contributed by atoms with E-state index in [0.717, 1.165) is 28.1 Å². The first-order chi connectivity index (χ1) is 16.5. The SMILES string of the molecule is CN(Cc1cn(-c2ccccc2)nc1-c1ccc(Cl)cc1)C(=O)CNC(=O)Cc1ccccc1. The molecule has 1 N–H and O–H groups in total. The summed E-state index contributed by atoms with van der Waals surface area (Å²) in [4.78, 5) is 26.6. The van der Waals surface area contributed by atoms with Crippen molar-refractivity contribution in [1.29, 1.82) is 0 Å². The number of aromatic nitrogens is 2. The molecule has 4 aromatic rings. The van der Waals surface area contributed by atoms with Crippen LogP contribution in [0.5, 0.6) is 0 Å². The molecule has 6 nitrogen and oxygen atoms in total. The van der Waals surface area contributed by atoms with E-state index < -0.39 is 0 Å². The molecule has 0 aliphatic carbocycles. The van der Waals surface area contributed by atoms with Crippen molar-refractivity contribution in [3.63, 3.8) is 0 Å². The third kappa shape index (κ3) is 5.91. The Kier molecular flexibility index (Phi) is 7.40. The van der Waals surface area contributed by atoms with E-state index in [4.69, 9.17) is 16.7 Å². The first kappa shape index (κ1) is 23.3. The number of para-hydroxylation sites is 1. The molecule has 0 unspecified atom stereocenters. The summed E-state index contributed by atoms with van der Waals surface area (Å²) in [5.74, 6) is -0.373. The second-order valence-corrected chi connectivity index (χ2v) is 8.42. The molecule has 4 rings (SSSR count). The molecular formula is C27H25ClN4O2. The Bertz CT molecular complexity index is 1260. The van der Waals surface area contributed by atoms with Gasteiger partial charge in [-0.25, -0.2) is 4.68 Å². The van der Waals surface area contributed by atoms with E-state index in [9.17, 15) is 9.59 Å². The van der Waals surface area contributed by atoms with Gasteiger partial charge in [0.1, 0.15) is 0 Å². The van der Waals surface area contributed by atoms with Crippen LogP contribution in [0.4, 0.5) is 0 Å². The number of rotatable bonds is 8. The lowest BCUT2D eigenvalue weighted by Gasteiger charge is -2.17. The number of hydrogen-bond acceptors (Lipinski definition) is 3. The number of likely N-dealkylation sites (N-methyl/N-ethyl adjacent to an activating group) is 1. The van der Waals surface area contributed by atoms with Gasteiger partial charge in [0.05, 0.1) is 24.3 Å². The zero-order valence-corrected chi connectivity index (χ0v) is 19.6. The molecule has 34 heavy (non-hydrogen) atoms. The van der Waals surface area contributed by atoms with Crippen LogP contribution in [-0.2, 0) is 22.6 Å². The van der Waals surface area contributed by atoms with E-state index in [1.54, 1.807) is 16.6 Å². The molecular weight excluding hydrogens is 448 g/mol. The van der Waals surface area contributed by atoms with Crippen LogP contribution in [0.15, 0.2) is 91.1 Å². The third-order valence-electron chi connectivity index (χ3n) is 5.41. The molecule has 1 heterocycles. The second kappa shape index (κ2) is 10.8. The first-order valence-corrected chi connectivity index (χ1v) is 11.3. The molecule has 0 bridgehead atoms. The van der Waals surface area contributed by atoms with E-state index in [-0.39, 0.29) is 24.8 Å². The number of nitrogens with one attached hydrogen (secondary N) is 1. The maximum absolute atomic E-state index is 12.7. The Morgan fingerprint density at radius 2 is 1.59 bits per heavy atom. The van der Waals surface area contributed by atoms with Crippen LogP contribution in [0.3, 0.4) is 0 Å². The van der Waals surface area contributed by atoms with Gasteiger partial charge in [0, 0.05) is 35.9 Å². The number of carbonyl (C=O) groups is 2. The Morgan fingerprint density at radius 3 is 2.26 bits per heavy atom. The Morgan fingerprint density at radius 1 is 0.941 bits per heavy atom. The highest BCUT2D eigenvalue weighted by molar-refractivity contribution is 6.30. The van der Waals surface area contributed by atoms with Gasteiger partial charge in [-0.2, -0.15) is 5.10 Å². The molecule has 0 aliphatic heterocycles. The number of amides is 2. The van der Waals surface area contributed by atoms with E-state index in [2.05, 4.69) is 5.32 Å². The van der Waals surface area contributed by atoms with Crippen molar-refractivity contribution < 1.29 is 9.59 Å². The highest BCUT2D eigenvalue weighted by Gasteiger charge is 2.17. The fourth-order valence-electron chi connectivity index (χ4n) is 3.59. The summed E-state index contributed by atoms with van der Waals surface area (Å²) in [7, 11) is 1.72. The standard InChI is InChI=1S/C27H25ClN4O2/c1-31(26(34)17-29-25(33)16-20-8-4-2-5-9-20)18-22-19-32(24-10-6-3-7-11-24)30-27(22)21-12-14-23(28)15-13-21/h2-15,19H,16-18H2,1H3,(H,29,33). The summed E-state index contributed by atoms with van der Waals surface area (Å²) < 4.78 is 1.80. The average molecular weight is 473 g/mol. The van der Waals surface area contributed by atoms with Crippen LogP contribution < -0.4 is 5.32 Å². The molecule has 0 saturated heterocycles. The summed E-state index contributed by atoms with van der Waals surface area (Å²) in [5.41, 5.74) is 4.39. The van der Waals surface area contributed by atoms with Crippen molar-refractivity contribution in [1.82, 2.24) is 20.0 Å². The van der Waals surface area contributed by atoms with Gasteiger partial charge in [-0.1, -0.05) is 72.3 Å². The van der Waals surface area contributed by atoms with Crippen molar-refractivity contribution in [2.24, 2.45) is 0 Å². The molecule has 7 heteroatoms. The number of nitrogens with zero attached hydrogens (tertiary/aromatic N) is 3. The second-order valence-electron chi connectivity index (χ2n) is 7.98. The quantitative estimate of drug-likeness (QED) is 0.410. The maximum atomic E-state index is 12.7. The zero-order chi connectivity index (χ0) is 23.9. The molecule has 0 radical (unpaired) electrons. The van der Waals surface area contributed by atoms with Gasteiger partial charge in [-0.3, -0.25) is 9.59 Å². The van der Waals surface area contributed by atoms with Gasteiger partial charge in [0.2, 0.25) is 11.8 Å². The van der Waals surface area contributed by atoms with E-state index >= 15 is 0 Å². The van der Waals surface area contributed by atoms with Crippen LogP contribution >= 0.6 is 11.6 Å². The van der Waals surface area contributed by atoms with Crippen LogP contribution in [0.1, 0.15) is 11.1 Å². The number of carbonyl (C=O) groups excluding carboxylic acids is 2. The van der Waals surface area contributed by atoms with Gasteiger partial charge in [0.25, 0.3) is 0 Å². The lowest BCUT2D eigenvalue weighted by molar-refractivity contribution is -0.132. The smallest absolute Gasteiger partial charge is 0.242 e. The predicted molar refractivity (Wildman–Crippen MR) is 134 cm³/mol. The van der Waals surface area contributed by atoms with Crippen molar-refractivity contribution in [2.45, 2.75) is 13.0 Å². The van der Waals surface area contributed by atoms with Crippen LogP contribution in [0.2, 0.25) is 5.02 Å². The molecule has 3 aromatic carbocycles. The van der Waals surface area contributed by atoms with E-state index in [0.29, 0.717) is 11.6 Å². The topological polar surface area (TPSA) is 67.2 Å². The normalized spacial score (nSPS) is 10.6. The zero-order valence-electron chi connectivity index (χ0n) is 18.8. The van der Waals surface area contributed by atoms with Gasteiger partial charge in [0.15, 0.2) is 0 Å². The molecule has 0 saturated carbocycles. The number of halogens is 1. The highest BCUT2D eigenvalue weighted by Crippen LogP contribution is 2.26. The Hall–Kier alpha value is -3.90. The van der Waals surface area contributed by atoms with Crippen molar-refractivity contribution >= 4 is 23.4 Å². The van der Waals surface area contributed by atoms with Crippen LogP contribution in [0.25, 0.3) is 16.9 Å². The van der Waals surface area contributed by atoms with Crippen molar-refractivity contribution in [3.8, 4) is 16.9 Å². The summed E-state index contributed by atoms with van der Waals surface area (Å²) in [5, 5.41) is 8.14. The summed E-state index contributed by atoms with van der Waals surface area (Å²) in [6.07, 6.45) is 2.17. The molecule has 1 aromatic heterocycles. The minimum atomic E-state index is -0.188. The fourth-order valence-corrected chi connectivity index (χ4v) is 3.71. The van der Waals surface area contributed by atoms with Crippen molar-refractivity contribution in [3.05, 3.63) is 107 Å². The monoisotopic (exact) mass is 472 g/mol. The van der Waals surface area contributed by atoms with Gasteiger partial charge < -0.3 is 10.2 Å². The summed E-state index contributed by atoms with van der Waals surface area (Å²) >= 11 is 6.06. The van der Waals surface area contributed by atoms with E-state index in [1.807, 2.05) is 91.1 Å². The fraction of sp³-hybridized carbons (Fsp3) is 0.148. The van der Waals surface area contributed by atoms with Crippen LogP contribution in [-0.4, -0.2) is 40.1 Å². The first-order valence-electron chi connectivity index (χ1n) is 10.9. The average Bonchev–Trinajstić information content (AvgIpc) is 3.28. The molecule has 0 fully saturated rings. The van der Waals surface area contributed by atoms with Gasteiger partial charge in [-0.15, -0.1) is 0 Å². The van der Waals surface area contributed by atoms with E-state index in [1.165, 1.54) is 0 Å². The van der Waals surface area contributed by atoms with Crippen LogP contribution in [0, 0.1) is 0 Å². The number of benzene rings is 3.